The number of hydrogen-bond donors (Lipinski definition) is 0. The molecule has 0 N–H and O–H groups in total. The van der Waals surface area contributed by atoms with E-state index in [4.69, 9.17) is 20.8 Å². The molecule has 146 valence electrons. The van der Waals surface area contributed by atoms with Gasteiger partial charge in [0.15, 0.2) is 5.76 Å². The van der Waals surface area contributed by atoms with Gasteiger partial charge in [0.05, 0.1) is 5.39 Å². The zero-order valence-electron chi connectivity index (χ0n) is 16.6. The molecule has 0 atom stereocenters. The molecule has 0 spiro atoms. The molecule has 1 heterocycles. The van der Waals surface area contributed by atoms with Crippen LogP contribution >= 0.6 is 11.6 Å². The van der Waals surface area contributed by atoms with Crippen LogP contribution in [0.4, 0.5) is 0 Å². The first-order valence-corrected chi connectivity index (χ1v) is 9.82. The van der Waals surface area contributed by atoms with Crippen molar-refractivity contribution in [2.75, 3.05) is 0 Å². The Morgan fingerprint density at radius 1 is 0.897 bits per heavy atom. The van der Waals surface area contributed by atoms with Gasteiger partial charge in [0.25, 0.3) is 0 Å². The van der Waals surface area contributed by atoms with Crippen LogP contribution < -0.4 is 10.2 Å². The van der Waals surface area contributed by atoms with Crippen molar-refractivity contribution in [2.45, 2.75) is 27.4 Å². The van der Waals surface area contributed by atoms with Crippen molar-refractivity contribution >= 4 is 22.6 Å². The van der Waals surface area contributed by atoms with E-state index in [1.54, 1.807) is 12.1 Å². The lowest BCUT2D eigenvalue weighted by Gasteiger charge is -2.13. The Morgan fingerprint density at radius 2 is 1.55 bits per heavy atom. The molecule has 4 rings (SSSR count). The van der Waals surface area contributed by atoms with Gasteiger partial charge in [-0.05, 0) is 61.7 Å². The van der Waals surface area contributed by atoms with Gasteiger partial charge in [0.2, 0.25) is 11.2 Å². The van der Waals surface area contributed by atoms with Gasteiger partial charge in [-0.2, -0.15) is 0 Å². The number of benzene rings is 3. The summed E-state index contributed by atoms with van der Waals surface area (Å²) in [5.41, 5.74) is 5.36. The van der Waals surface area contributed by atoms with Crippen LogP contribution in [0.15, 0.2) is 69.9 Å². The van der Waals surface area contributed by atoms with E-state index < -0.39 is 0 Å². The topological polar surface area (TPSA) is 39.4 Å². The first-order valence-electron chi connectivity index (χ1n) is 9.45. The molecule has 1 aromatic heterocycles. The summed E-state index contributed by atoms with van der Waals surface area (Å²) in [6.45, 7) is 6.25. The third-order valence-corrected chi connectivity index (χ3v) is 5.33. The van der Waals surface area contributed by atoms with E-state index in [0.29, 0.717) is 21.8 Å². The van der Waals surface area contributed by atoms with Crippen LogP contribution in [-0.4, -0.2) is 0 Å². The molecule has 0 amide bonds. The number of halogens is 1. The lowest BCUT2D eigenvalue weighted by molar-refractivity contribution is 0.298. The van der Waals surface area contributed by atoms with Crippen LogP contribution in [0.5, 0.6) is 5.75 Å². The predicted octanol–water partition coefficient (Wildman–Crippen LogP) is 6.62. The van der Waals surface area contributed by atoms with Gasteiger partial charge in [0, 0.05) is 10.6 Å². The fourth-order valence-electron chi connectivity index (χ4n) is 3.20. The average molecular weight is 405 g/mol. The van der Waals surface area contributed by atoms with Gasteiger partial charge in [-0.1, -0.05) is 53.6 Å². The van der Waals surface area contributed by atoms with Gasteiger partial charge in [0.1, 0.15) is 12.2 Å². The van der Waals surface area contributed by atoms with Gasteiger partial charge >= 0.3 is 0 Å². The second-order valence-corrected chi connectivity index (χ2v) is 7.74. The second-order valence-electron chi connectivity index (χ2n) is 7.30. The Labute approximate surface area is 174 Å². The third kappa shape index (κ3) is 3.92. The molecule has 0 unspecified atom stereocenters. The molecular formula is C25H21ClO3. The van der Waals surface area contributed by atoms with Crippen molar-refractivity contribution in [3.63, 3.8) is 0 Å². The van der Waals surface area contributed by atoms with Crippen LogP contribution in [0, 0.1) is 20.8 Å². The molecular weight excluding hydrogens is 384 g/mol. The maximum absolute atomic E-state index is 13.3. The zero-order chi connectivity index (χ0) is 20.5. The third-order valence-electron chi connectivity index (χ3n) is 5.08. The number of aryl methyl sites for hydroxylation is 3. The molecule has 0 aliphatic carbocycles. The van der Waals surface area contributed by atoms with Crippen molar-refractivity contribution in [3.8, 4) is 17.1 Å². The highest BCUT2D eigenvalue weighted by atomic mass is 35.5. The summed E-state index contributed by atoms with van der Waals surface area (Å²) in [6, 6.07) is 19.0. The highest BCUT2D eigenvalue weighted by Crippen LogP contribution is 2.32. The first-order chi connectivity index (χ1) is 13.9. The molecule has 4 heteroatoms. The zero-order valence-corrected chi connectivity index (χ0v) is 17.3. The Kier molecular flexibility index (Phi) is 5.16. The van der Waals surface area contributed by atoms with E-state index in [-0.39, 0.29) is 17.8 Å². The van der Waals surface area contributed by atoms with E-state index in [1.165, 1.54) is 0 Å². The molecule has 0 bridgehead atoms. The van der Waals surface area contributed by atoms with Crippen molar-refractivity contribution in [3.05, 3.63) is 98.2 Å². The van der Waals surface area contributed by atoms with Crippen molar-refractivity contribution < 1.29 is 9.15 Å². The Hall–Kier alpha value is -3.04. The van der Waals surface area contributed by atoms with Crippen LogP contribution in [-0.2, 0) is 6.61 Å². The summed E-state index contributed by atoms with van der Waals surface area (Å²) in [6.07, 6.45) is 0. The van der Waals surface area contributed by atoms with Gasteiger partial charge in [-0.25, -0.2) is 0 Å². The second kappa shape index (κ2) is 7.76. The van der Waals surface area contributed by atoms with E-state index in [0.717, 1.165) is 27.8 Å². The van der Waals surface area contributed by atoms with E-state index in [1.807, 2.05) is 69.3 Å². The lowest BCUT2D eigenvalue weighted by Crippen LogP contribution is -2.10. The quantitative estimate of drug-likeness (QED) is 0.383. The molecule has 0 saturated heterocycles. The van der Waals surface area contributed by atoms with E-state index >= 15 is 0 Å². The summed E-state index contributed by atoms with van der Waals surface area (Å²) < 4.78 is 12.2. The van der Waals surface area contributed by atoms with E-state index in [9.17, 15) is 4.79 Å². The molecule has 3 aromatic carbocycles. The van der Waals surface area contributed by atoms with Gasteiger partial charge in [-0.3, -0.25) is 4.79 Å². The van der Waals surface area contributed by atoms with E-state index in [2.05, 4.69) is 0 Å². The molecule has 0 radical (unpaired) electrons. The number of hydrogen-bond acceptors (Lipinski definition) is 3. The highest BCUT2D eigenvalue weighted by Gasteiger charge is 2.18. The fraction of sp³-hybridized carbons (Fsp3) is 0.160. The highest BCUT2D eigenvalue weighted by molar-refractivity contribution is 6.30. The SMILES string of the molecule is Cc1ccc(-c2oc3cc(C)c(C)cc3c(=O)c2OCc2ccc(Cl)cc2)cc1. The molecule has 0 saturated carbocycles. The largest absolute Gasteiger partial charge is 0.481 e. The number of ether oxygens (including phenoxy) is 1. The lowest BCUT2D eigenvalue weighted by atomic mass is 10.0. The predicted molar refractivity (Wildman–Crippen MR) is 118 cm³/mol. The molecule has 0 aliphatic heterocycles. The molecule has 3 nitrogen and oxygen atoms in total. The van der Waals surface area contributed by atoms with Crippen LogP contribution in [0.1, 0.15) is 22.3 Å². The summed E-state index contributed by atoms with van der Waals surface area (Å²) in [5, 5.41) is 1.18. The van der Waals surface area contributed by atoms with Crippen molar-refractivity contribution in [2.24, 2.45) is 0 Å². The van der Waals surface area contributed by atoms with Crippen molar-refractivity contribution in [1.29, 1.82) is 0 Å². The minimum Gasteiger partial charge on any atom is -0.481 e. The first kappa shape index (κ1) is 19.3. The number of fused-ring (bicyclic) bond motifs is 1. The summed E-state index contributed by atoms with van der Waals surface area (Å²) in [4.78, 5) is 13.3. The summed E-state index contributed by atoms with van der Waals surface area (Å²) in [5.74, 6) is 0.666. The minimum atomic E-state index is -0.168. The molecule has 0 aliphatic rings. The summed E-state index contributed by atoms with van der Waals surface area (Å²) in [7, 11) is 0. The standard InChI is InChI=1S/C25H21ClO3/c1-15-4-8-19(9-5-15)24-25(28-14-18-6-10-20(26)11-7-18)23(27)21-12-16(2)17(3)13-22(21)29-24/h4-13H,14H2,1-3H3. The normalized spacial score (nSPS) is 11.0. The van der Waals surface area contributed by atoms with Crippen molar-refractivity contribution in [1.82, 2.24) is 0 Å². The monoisotopic (exact) mass is 404 g/mol. The summed E-state index contributed by atoms with van der Waals surface area (Å²) >= 11 is 5.96. The Bertz CT molecular complexity index is 1240. The Balaban J connectivity index is 1.86. The van der Waals surface area contributed by atoms with Crippen LogP contribution in [0.2, 0.25) is 5.02 Å². The smallest absolute Gasteiger partial charge is 0.235 e. The molecule has 4 aromatic rings. The fourth-order valence-corrected chi connectivity index (χ4v) is 3.32. The number of rotatable bonds is 4. The van der Waals surface area contributed by atoms with Crippen LogP contribution in [0.3, 0.4) is 0 Å². The molecule has 0 fully saturated rings. The minimum absolute atomic E-state index is 0.168. The van der Waals surface area contributed by atoms with Gasteiger partial charge < -0.3 is 9.15 Å². The maximum Gasteiger partial charge on any atom is 0.235 e. The Morgan fingerprint density at radius 3 is 2.24 bits per heavy atom. The van der Waals surface area contributed by atoms with Crippen LogP contribution in [0.25, 0.3) is 22.3 Å². The maximum atomic E-state index is 13.3. The molecule has 29 heavy (non-hydrogen) atoms. The average Bonchev–Trinajstić information content (AvgIpc) is 2.71. The van der Waals surface area contributed by atoms with Gasteiger partial charge in [-0.15, -0.1) is 0 Å².